The minimum absolute atomic E-state index is 0.0705. The van der Waals surface area contributed by atoms with Gasteiger partial charge in [0.25, 0.3) is 0 Å². The molecule has 0 aromatic heterocycles. The van der Waals surface area contributed by atoms with Crippen LogP contribution in [0.2, 0.25) is 0 Å². The van der Waals surface area contributed by atoms with Crippen LogP contribution in [0.5, 0.6) is 0 Å². The Kier molecular flexibility index (Phi) is 9.24. The molecule has 0 aliphatic heterocycles. The van der Waals surface area contributed by atoms with Gasteiger partial charge in [-0.1, -0.05) is 58.3 Å². The number of unbranched alkanes of at least 4 members (excludes halogenated alkanes) is 1. The van der Waals surface area contributed by atoms with Crippen LogP contribution in [-0.2, 0) is 0 Å². The average molecular weight is 475 g/mol. The summed E-state index contributed by atoms with van der Waals surface area (Å²) < 4.78 is 0. The van der Waals surface area contributed by atoms with Crippen molar-refractivity contribution >= 4 is 0 Å². The molecule has 3 rings (SSSR count). The van der Waals surface area contributed by atoms with Gasteiger partial charge >= 0.3 is 0 Å². The fraction of sp³-hybridized carbons (Fsp3) is 0.793. The zero-order chi connectivity index (χ0) is 25.1. The second kappa shape index (κ2) is 11.4. The zero-order valence-corrected chi connectivity index (χ0v) is 22.4. The summed E-state index contributed by atoms with van der Waals surface area (Å²) in [6, 6.07) is -0.214. The fourth-order valence-corrected chi connectivity index (χ4v) is 6.56. The van der Waals surface area contributed by atoms with Gasteiger partial charge in [-0.2, -0.15) is 0 Å². The maximum absolute atomic E-state index is 11.8. The standard InChI is InChI=1S/C29H50N2O3/c1-7-8-10-20(13-17-30-6)14-18-31-25-23(19(2)3)26(32)21-12-16-28(4)22(24(21)27(25)33)11-9-15-29(28,5)34/h11-12,16,19-20,23,25-27,30-34H,7-10,13-15,17-18H2,1-6H3/t20?,23?,25?,26?,27?,28-,29+/m0/s1. The maximum atomic E-state index is 11.8. The lowest BCUT2D eigenvalue weighted by molar-refractivity contribution is -0.0338. The van der Waals surface area contributed by atoms with E-state index in [4.69, 9.17) is 0 Å². The molecular formula is C29H50N2O3. The van der Waals surface area contributed by atoms with Gasteiger partial charge in [-0.3, -0.25) is 0 Å². The Morgan fingerprint density at radius 1 is 1.09 bits per heavy atom. The lowest BCUT2D eigenvalue weighted by Gasteiger charge is -2.53. The molecule has 5 N–H and O–H groups in total. The van der Waals surface area contributed by atoms with Gasteiger partial charge in [-0.05, 0) is 88.2 Å². The third-order valence-corrected chi connectivity index (χ3v) is 9.06. The summed E-state index contributed by atoms with van der Waals surface area (Å²) in [4.78, 5) is 0. The van der Waals surface area contributed by atoms with Crippen LogP contribution >= 0.6 is 0 Å². The summed E-state index contributed by atoms with van der Waals surface area (Å²) >= 11 is 0. The number of allylic oxidation sites excluding steroid dienone is 1. The van der Waals surface area contributed by atoms with E-state index in [9.17, 15) is 15.3 Å². The Labute approximate surface area is 207 Å². The number of aliphatic hydroxyl groups excluding tert-OH is 2. The molecular weight excluding hydrogens is 424 g/mol. The largest absolute Gasteiger partial charge is 0.389 e. The topological polar surface area (TPSA) is 84.8 Å². The van der Waals surface area contributed by atoms with Crippen molar-refractivity contribution in [3.05, 3.63) is 34.9 Å². The molecule has 0 saturated heterocycles. The average Bonchev–Trinajstić information content (AvgIpc) is 2.78. The predicted octanol–water partition coefficient (Wildman–Crippen LogP) is 4.10. The van der Waals surface area contributed by atoms with Gasteiger partial charge < -0.3 is 26.0 Å². The molecule has 0 radical (unpaired) electrons. The van der Waals surface area contributed by atoms with Gasteiger partial charge in [0.05, 0.1) is 17.8 Å². The van der Waals surface area contributed by atoms with E-state index < -0.39 is 23.2 Å². The highest BCUT2D eigenvalue weighted by molar-refractivity contribution is 5.57. The first-order valence-electron chi connectivity index (χ1n) is 13.7. The normalized spacial score (nSPS) is 36.4. The third-order valence-electron chi connectivity index (χ3n) is 9.06. The molecule has 0 saturated carbocycles. The Morgan fingerprint density at radius 2 is 1.79 bits per heavy atom. The van der Waals surface area contributed by atoms with Crippen molar-refractivity contribution in [3.8, 4) is 0 Å². The molecule has 0 aromatic rings. The molecule has 0 spiro atoms. The van der Waals surface area contributed by atoms with Crippen LogP contribution in [-0.4, -0.2) is 59.3 Å². The highest BCUT2D eigenvalue weighted by Crippen LogP contribution is 2.54. The first kappa shape index (κ1) is 27.6. The van der Waals surface area contributed by atoms with Crippen LogP contribution in [0.4, 0.5) is 0 Å². The molecule has 5 unspecified atom stereocenters. The highest BCUT2D eigenvalue weighted by Gasteiger charge is 2.53. The Hall–Kier alpha value is -0.980. The van der Waals surface area contributed by atoms with Crippen LogP contribution in [0.3, 0.4) is 0 Å². The van der Waals surface area contributed by atoms with E-state index in [2.05, 4.69) is 50.5 Å². The monoisotopic (exact) mass is 474 g/mol. The maximum Gasteiger partial charge on any atom is 0.0953 e. The summed E-state index contributed by atoms with van der Waals surface area (Å²) in [5, 5.41) is 41.5. The Bertz CT molecular complexity index is 776. The van der Waals surface area contributed by atoms with E-state index in [1.54, 1.807) is 0 Å². The molecule has 5 heteroatoms. The van der Waals surface area contributed by atoms with E-state index in [1.165, 1.54) is 25.7 Å². The minimum atomic E-state index is -0.881. The van der Waals surface area contributed by atoms with Crippen molar-refractivity contribution in [2.45, 2.75) is 103 Å². The van der Waals surface area contributed by atoms with Crippen molar-refractivity contribution in [1.82, 2.24) is 10.6 Å². The van der Waals surface area contributed by atoms with E-state index >= 15 is 0 Å². The van der Waals surface area contributed by atoms with Crippen LogP contribution in [0.25, 0.3) is 0 Å². The first-order chi connectivity index (χ1) is 16.1. The van der Waals surface area contributed by atoms with E-state index in [0.717, 1.165) is 42.7 Å². The van der Waals surface area contributed by atoms with Gasteiger partial charge in [-0.15, -0.1) is 0 Å². The van der Waals surface area contributed by atoms with Crippen molar-refractivity contribution in [1.29, 1.82) is 0 Å². The van der Waals surface area contributed by atoms with Crippen molar-refractivity contribution in [2.75, 3.05) is 20.1 Å². The van der Waals surface area contributed by atoms with E-state index in [1.807, 2.05) is 20.0 Å². The summed E-state index contributed by atoms with van der Waals surface area (Å²) in [6.07, 6.45) is 12.3. The van der Waals surface area contributed by atoms with Crippen LogP contribution in [0, 0.1) is 23.2 Å². The molecule has 194 valence electrons. The van der Waals surface area contributed by atoms with E-state index in [0.29, 0.717) is 12.3 Å². The van der Waals surface area contributed by atoms with Gasteiger partial charge in [0.2, 0.25) is 0 Å². The molecule has 0 amide bonds. The number of aliphatic hydroxyl groups is 3. The minimum Gasteiger partial charge on any atom is -0.389 e. The summed E-state index contributed by atoms with van der Waals surface area (Å²) in [5.74, 6) is 0.815. The van der Waals surface area contributed by atoms with Gasteiger partial charge in [0.15, 0.2) is 0 Å². The molecule has 7 atom stereocenters. The molecule has 3 aliphatic carbocycles. The molecule has 0 fully saturated rings. The van der Waals surface area contributed by atoms with Crippen molar-refractivity contribution in [2.24, 2.45) is 23.2 Å². The Morgan fingerprint density at radius 3 is 2.44 bits per heavy atom. The summed E-state index contributed by atoms with van der Waals surface area (Å²) in [7, 11) is 2.01. The second-order valence-corrected chi connectivity index (χ2v) is 11.7. The van der Waals surface area contributed by atoms with Gasteiger partial charge in [0.1, 0.15) is 0 Å². The number of rotatable bonds is 11. The van der Waals surface area contributed by atoms with E-state index in [-0.39, 0.29) is 17.9 Å². The van der Waals surface area contributed by atoms with Crippen LogP contribution in [0.1, 0.15) is 79.6 Å². The zero-order valence-electron chi connectivity index (χ0n) is 22.4. The highest BCUT2D eigenvalue weighted by atomic mass is 16.3. The predicted molar refractivity (Wildman–Crippen MR) is 141 cm³/mol. The number of hydrogen-bond donors (Lipinski definition) is 5. The molecule has 0 bridgehead atoms. The third kappa shape index (κ3) is 5.24. The molecule has 3 aliphatic rings. The molecule has 0 heterocycles. The quantitative estimate of drug-likeness (QED) is 0.311. The van der Waals surface area contributed by atoms with Crippen LogP contribution in [0.15, 0.2) is 34.9 Å². The lowest BCUT2D eigenvalue weighted by Crippen LogP contribution is -2.58. The molecule has 34 heavy (non-hydrogen) atoms. The summed E-state index contributed by atoms with van der Waals surface area (Å²) in [6.45, 7) is 12.4. The van der Waals surface area contributed by atoms with Crippen LogP contribution < -0.4 is 10.6 Å². The second-order valence-electron chi connectivity index (χ2n) is 11.7. The molecule has 0 aromatic carbocycles. The number of nitrogens with one attached hydrogen (secondary N) is 2. The Balaban J connectivity index is 1.84. The van der Waals surface area contributed by atoms with Gasteiger partial charge in [0, 0.05) is 17.4 Å². The van der Waals surface area contributed by atoms with Crippen molar-refractivity contribution in [3.63, 3.8) is 0 Å². The molecule has 5 nitrogen and oxygen atoms in total. The number of fused-ring (bicyclic) bond motifs is 2. The fourth-order valence-electron chi connectivity index (χ4n) is 6.56. The number of hydrogen-bond acceptors (Lipinski definition) is 5. The lowest BCUT2D eigenvalue weighted by atomic mass is 9.56. The first-order valence-corrected chi connectivity index (χ1v) is 13.7. The van der Waals surface area contributed by atoms with Crippen molar-refractivity contribution < 1.29 is 15.3 Å². The smallest absolute Gasteiger partial charge is 0.0953 e. The summed E-state index contributed by atoms with van der Waals surface area (Å²) in [5.41, 5.74) is 1.23. The van der Waals surface area contributed by atoms with Gasteiger partial charge in [-0.25, -0.2) is 0 Å². The SMILES string of the molecule is CCCCC(CCNC)CCNC1C(O)C2=C(C=C[C@@]3(C)C2=CCC[C@@]3(C)O)C(O)C1C(C)C.